The monoisotopic (exact) mass is 392 g/mol. The van der Waals surface area contributed by atoms with Crippen LogP contribution in [0.15, 0.2) is 47.4 Å². The molecule has 2 aliphatic heterocycles. The number of hydrogen-bond donors (Lipinski definition) is 0. The summed E-state index contributed by atoms with van der Waals surface area (Å²) in [5.41, 5.74) is 1.08. The van der Waals surface area contributed by atoms with E-state index in [4.69, 9.17) is 9.47 Å². The molecule has 0 saturated carbocycles. The molecule has 0 aromatic heterocycles. The number of ether oxygens (including phenoxy) is 2. The molecule has 27 heavy (non-hydrogen) atoms. The molecule has 2 aliphatic rings. The van der Waals surface area contributed by atoms with E-state index < -0.39 is 10.0 Å². The van der Waals surface area contributed by atoms with Crippen LogP contribution in [0.5, 0.6) is 11.5 Å². The lowest BCUT2D eigenvalue weighted by Crippen LogP contribution is -2.48. The summed E-state index contributed by atoms with van der Waals surface area (Å²) in [4.78, 5) is 2.46. The largest absolute Gasteiger partial charge is 0.454 e. The molecule has 1 fully saturated rings. The van der Waals surface area contributed by atoms with E-state index in [0.29, 0.717) is 37.7 Å². The molecule has 0 unspecified atom stereocenters. The maximum Gasteiger partial charge on any atom is 0.243 e. The van der Waals surface area contributed by atoms with Crippen molar-refractivity contribution in [2.75, 3.05) is 39.5 Å². The molecule has 0 radical (unpaired) electrons. The summed E-state index contributed by atoms with van der Waals surface area (Å²) in [6.07, 6.45) is 0.815. The smallest absolute Gasteiger partial charge is 0.243 e. The van der Waals surface area contributed by atoms with Gasteiger partial charge in [-0.05, 0) is 36.2 Å². The normalized spacial score (nSPS) is 18.0. The van der Waals surface area contributed by atoms with Crippen molar-refractivity contribution in [2.24, 2.45) is 0 Å². The topological polar surface area (TPSA) is 59.1 Å². The molecule has 0 aliphatic carbocycles. The molecule has 0 atom stereocenters. The van der Waals surface area contributed by atoms with Gasteiger partial charge in [0.1, 0.15) is 5.82 Å². The summed E-state index contributed by atoms with van der Waals surface area (Å²) in [6.45, 7) is 3.17. The van der Waals surface area contributed by atoms with Gasteiger partial charge in [-0.15, -0.1) is 0 Å². The Morgan fingerprint density at radius 1 is 0.926 bits per heavy atom. The summed E-state index contributed by atoms with van der Waals surface area (Å²) >= 11 is 0. The van der Waals surface area contributed by atoms with E-state index in [1.54, 1.807) is 24.3 Å². The lowest BCUT2D eigenvalue weighted by atomic mass is 10.1. The second kappa shape index (κ2) is 7.46. The summed E-state index contributed by atoms with van der Waals surface area (Å²) in [6, 6.07) is 11.2. The number of hydrogen-bond acceptors (Lipinski definition) is 5. The summed E-state index contributed by atoms with van der Waals surface area (Å²) in [7, 11) is -3.55. The zero-order chi connectivity index (χ0) is 18.9. The molecule has 1 saturated heterocycles. The average molecular weight is 392 g/mol. The first kappa shape index (κ1) is 18.2. The molecule has 8 heteroatoms. The van der Waals surface area contributed by atoms with Gasteiger partial charge in [-0.1, -0.05) is 12.1 Å². The van der Waals surface area contributed by atoms with Gasteiger partial charge in [0, 0.05) is 38.8 Å². The number of fused-ring (bicyclic) bond motifs is 1. The van der Waals surface area contributed by atoms with Gasteiger partial charge in [-0.2, -0.15) is 4.31 Å². The number of benzene rings is 2. The second-order valence-electron chi connectivity index (χ2n) is 6.64. The van der Waals surface area contributed by atoms with Gasteiger partial charge < -0.3 is 14.4 Å². The van der Waals surface area contributed by atoms with Crippen LogP contribution in [0.2, 0.25) is 0 Å². The van der Waals surface area contributed by atoms with Gasteiger partial charge >= 0.3 is 0 Å². The highest BCUT2D eigenvalue weighted by Gasteiger charge is 2.29. The molecule has 0 bridgehead atoms. The molecule has 2 heterocycles. The molecule has 2 aromatic rings. The molecule has 0 spiro atoms. The van der Waals surface area contributed by atoms with Crippen LogP contribution >= 0.6 is 0 Å². The fourth-order valence-electron chi connectivity index (χ4n) is 3.32. The lowest BCUT2D eigenvalue weighted by molar-refractivity contribution is 0.174. The SMILES string of the molecule is O=S(=O)(c1ccc2c(c1)OCO2)N1CCN(CCc2ccc(F)cc2)CC1. The van der Waals surface area contributed by atoms with Gasteiger partial charge in [0.05, 0.1) is 4.90 Å². The third-order valence-corrected chi connectivity index (χ3v) is 6.84. The Morgan fingerprint density at radius 2 is 1.63 bits per heavy atom. The quantitative estimate of drug-likeness (QED) is 0.780. The minimum Gasteiger partial charge on any atom is -0.454 e. The van der Waals surface area contributed by atoms with Crippen LogP contribution in [-0.4, -0.2) is 57.1 Å². The van der Waals surface area contributed by atoms with Crippen molar-refractivity contribution in [1.29, 1.82) is 0 Å². The Bertz CT molecular complexity index is 910. The molecule has 144 valence electrons. The Balaban J connectivity index is 1.35. The predicted octanol–water partition coefficient (Wildman–Crippen LogP) is 2.10. The van der Waals surface area contributed by atoms with Gasteiger partial charge in [0.2, 0.25) is 16.8 Å². The van der Waals surface area contributed by atoms with Crippen molar-refractivity contribution in [1.82, 2.24) is 9.21 Å². The molecule has 4 rings (SSSR count). The van der Waals surface area contributed by atoms with Crippen molar-refractivity contribution in [3.8, 4) is 11.5 Å². The second-order valence-corrected chi connectivity index (χ2v) is 8.58. The van der Waals surface area contributed by atoms with Crippen molar-refractivity contribution in [3.63, 3.8) is 0 Å². The number of halogens is 1. The van der Waals surface area contributed by atoms with Crippen molar-refractivity contribution >= 4 is 10.0 Å². The van der Waals surface area contributed by atoms with Crippen LogP contribution in [0.1, 0.15) is 5.56 Å². The van der Waals surface area contributed by atoms with Crippen LogP contribution < -0.4 is 9.47 Å². The van der Waals surface area contributed by atoms with E-state index >= 15 is 0 Å². The van der Waals surface area contributed by atoms with Crippen LogP contribution in [0.4, 0.5) is 4.39 Å². The van der Waals surface area contributed by atoms with Crippen LogP contribution in [0.25, 0.3) is 0 Å². The van der Waals surface area contributed by atoms with Crippen molar-refractivity contribution in [3.05, 3.63) is 53.8 Å². The minimum atomic E-state index is -3.55. The minimum absolute atomic E-state index is 0.117. The highest BCUT2D eigenvalue weighted by molar-refractivity contribution is 7.89. The van der Waals surface area contributed by atoms with Gasteiger partial charge in [0.25, 0.3) is 0 Å². The van der Waals surface area contributed by atoms with Crippen LogP contribution in [0.3, 0.4) is 0 Å². The van der Waals surface area contributed by atoms with Crippen molar-refractivity contribution < 1.29 is 22.3 Å². The Hall–Kier alpha value is -2.16. The van der Waals surface area contributed by atoms with Crippen molar-refractivity contribution in [2.45, 2.75) is 11.3 Å². The molecular formula is C19H21FN2O4S. The van der Waals surface area contributed by atoms with Crippen LogP contribution in [0, 0.1) is 5.82 Å². The molecular weight excluding hydrogens is 371 g/mol. The predicted molar refractivity (Wildman–Crippen MR) is 97.9 cm³/mol. The maximum absolute atomic E-state index is 13.0. The number of nitrogens with zero attached hydrogens (tertiary/aromatic N) is 2. The van der Waals surface area contributed by atoms with E-state index in [1.165, 1.54) is 22.5 Å². The number of sulfonamides is 1. The molecule has 6 nitrogen and oxygen atoms in total. The average Bonchev–Trinajstić information content (AvgIpc) is 3.16. The highest BCUT2D eigenvalue weighted by Crippen LogP contribution is 2.34. The number of rotatable bonds is 5. The number of piperazine rings is 1. The van der Waals surface area contributed by atoms with Gasteiger partial charge in [0.15, 0.2) is 11.5 Å². The molecule has 2 aromatic carbocycles. The van der Waals surface area contributed by atoms with E-state index in [-0.39, 0.29) is 17.5 Å². The first-order valence-electron chi connectivity index (χ1n) is 8.89. The third kappa shape index (κ3) is 3.92. The van der Waals surface area contributed by atoms with Crippen LogP contribution in [-0.2, 0) is 16.4 Å². The summed E-state index contributed by atoms with van der Waals surface area (Å²) in [5.74, 6) is 0.801. The summed E-state index contributed by atoms with van der Waals surface area (Å²) < 4.78 is 50.8. The Kier molecular flexibility index (Phi) is 5.03. The zero-order valence-corrected chi connectivity index (χ0v) is 15.6. The highest BCUT2D eigenvalue weighted by atomic mass is 32.2. The third-order valence-electron chi connectivity index (χ3n) is 4.94. The van der Waals surface area contributed by atoms with E-state index in [0.717, 1.165) is 18.5 Å². The first-order valence-corrected chi connectivity index (χ1v) is 10.3. The Labute approximate surface area is 158 Å². The van der Waals surface area contributed by atoms with E-state index in [9.17, 15) is 12.8 Å². The van der Waals surface area contributed by atoms with Gasteiger partial charge in [-0.3, -0.25) is 0 Å². The maximum atomic E-state index is 13.0. The molecule has 0 amide bonds. The lowest BCUT2D eigenvalue weighted by Gasteiger charge is -2.34. The Morgan fingerprint density at radius 3 is 2.37 bits per heavy atom. The van der Waals surface area contributed by atoms with E-state index in [1.807, 2.05) is 0 Å². The van der Waals surface area contributed by atoms with E-state index in [2.05, 4.69) is 4.90 Å². The summed E-state index contributed by atoms with van der Waals surface area (Å²) in [5, 5.41) is 0. The standard InChI is InChI=1S/C19H21FN2O4S/c20-16-3-1-15(2-4-16)7-8-21-9-11-22(12-10-21)27(23,24)17-5-6-18-19(13-17)26-14-25-18/h1-6,13H,7-12,14H2. The fourth-order valence-corrected chi connectivity index (χ4v) is 4.76. The zero-order valence-electron chi connectivity index (χ0n) is 14.8. The molecule has 0 N–H and O–H groups in total. The van der Waals surface area contributed by atoms with Gasteiger partial charge in [-0.25, -0.2) is 12.8 Å². The first-order chi connectivity index (χ1) is 13.0. The fraction of sp³-hybridized carbons (Fsp3) is 0.368.